The second kappa shape index (κ2) is 3.64. The molecule has 0 aromatic heterocycles. The Morgan fingerprint density at radius 2 is 1.85 bits per heavy atom. The number of hydrogen-bond acceptors (Lipinski definition) is 3. The molecule has 0 bridgehead atoms. The first-order valence-corrected chi connectivity index (χ1v) is 5.09. The second-order valence-electron chi connectivity index (χ2n) is 2.17. The molecule has 1 aromatic carbocycles. The van der Waals surface area contributed by atoms with Crippen LogP contribution in [0.2, 0.25) is 5.02 Å². The van der Waals surface area contributed by atoms with Crippen molar-refractivity contribution in [2.45, 2.75) is 4.90 Å². The quantitative estimate of drug-likeness (QED) is 0.595. The van der Waals surface area contributed by atoms with Crippen LogP contribution in [0.3, 0.4) is 0 Å². The van der Waals surface area contributed by atoms with E-state index in [-0.39, 0.29) is 4.90 Å². The summed E-state index contributed by atoms with van der Waals surface area (Å²) in [6.07, 6.45) is 1.35. The Hall–Kier alpha value is -1.25. The van der Waals surface area contributed by atoms with Crippen LogP contribution >= 0.6 is 11.6 Å². The summed E-state index contributed by atoms with van der Waals surface area (Å²) in [6, 6.07) is 5.52. The van der Waals surface area contributed by atoms with Crippen LogP contribution < -0.4 is 4.72 Å². The first kappa shape index (κ1) is 9.84. The van der Waals surface area contributed by atoms with E-state index in [1.54, 1.807) is 4.72 Å². The van der Waals surface area contributed by atoms with Crippen molar-refractivity contribution in [2.75, 3.05) is 0 Å². The van der Waals surface area contributed by atoms with E-state index >= 15 is 0 Å². The van der Waals surface area contributed by atoms with Gasteiger partial charge in [0.15, 0.2) is 6.19 Å². The molecule has 0 atom stereocenters. The lowest BCUT2D eigenvalue weighted by Gasteiger charge is -1.99. The molecule has 0 radical (unpaired) electrons. The maximum atomic E-state index is 11.2. The number of nitriles is 1. The van der Waals surface area contributed by atoms with Gasteiger partial charge in [0, 0.05) is 5.02 Å². The van der Waals surface area contributed by atoms with Crippen LogP contribution in [0.25, 0.3) is 0 Å². The first-order chi connectivity index (χ1) is 6.06. The molecule has 1 rings (SSSR count). The third kappa shape index (κ3) is 2.34. The molecule has 0 saturated heterocycles. The lowest BCUT2D eigenvalue weighted by Crippen LogP contribution is -2.17. The summed E-state index contributed by atoms with van der Waals surface area (Å²) in [6.45, 7) is 0. The predicted molar refractivity (Wildman–Crippen MR) is 47.4 cm³/mol. The molecule has 0 fully saturated rings. The predicted octanol–water partition coefficient (Wildman–Crippen LogP) is 1.10. The van der Waals surface area contributed by atoms with Crippen LogP contribution in [0.5, 0.6) is 0 Å². The van der Waals surface area contributed by atoms with Gasteiger partial charge in [-0.25, -0.2) is 13.1 Å². The van der Waals surface area contributed by atoms with Gasteiger partial charge in [-0.15, -0.1) is 0 Å². The third-order valence-corrected chi connectivity index (χ3v) is 2.81. The summed E-state index contributed by atoms with van der Waals surface area (Å²) >= 11 is 5.56. The maximum absolute atomic E-state index is 11.2. The Morgan fingerprint density at radius 3 is 2.31 bits per heavy atom. The highest BCUT2D eigenvalue weighted by atomic mass is 35.5. The van der Waals surface area contributed by atoms with Crippen LogP contribution in [0.1, 0.15) is 0 Å². The fraction of sp³-hybridized carbons (Fsp3) is 0. The Kier molecular flexibility index (Phi) is 2.76. The molecule has 4 nitrogen and oxygen atoms in total. The fourth-order valence-corrected chi connectivity index (χ4v) is 1.59. The lowest BCUT2D eigenvalue weighted by atomic mass is 10.4. The molecule has 0 amide bonds. The molecule has 13 heavy (non-hydrogen) atoms. The van der Waals surface area contributed by atoms with Gasteiger partial charge >= 0.3 is 0 Å². The average Bonchev–Trinajstić information content (AvgIpc) is 2.05. The van der Waals surface area contributed by atoms with Crippen LogP contribution in [0.15, 0.2) is 29.2 Å². The van der Waals surface area contributed by atoms with E-state index in [9.17, 15) is 8.42 Å². The van der Waals surface area contributed by atoms with Crippen molar-refractivity contribution in [3.05, 3.63) is 29.3 Å². The number of halogens is 1. The zero-order valence-corrected chi connectivity index (χ0v) is 7.93. The van der Waals surface area contributed by atoms with Crippen molar-refractivity contribution in [3.8, 4) is 6.19 Å². The van der Waals surface area contributed by atoms with E-state index < -0.39 is 10.0 Å². The fourth-order valence-electron chi connectivity index (χ4n) is 0.733. The van der Waals surface area contributed by atoms with Crippen LogP contribution in [0.4, 0.5) is 0 Å². The van der Waals surface area contributed by atoms with Crippen molar-refractivity contribution >= 4 is 21.6 Å². The zero-order chi connectivity index (χ0) is 9.90. The van der Waals surface area contributed by atoms with E-state index in [4.69, 9.17) is 16.9 Å². The van der Waals surface area contributed by atoms with Gasteiger partial charge in [0.1, 0.15) is 0 Å². The molecule has 6 heteroatoms. The van der Waals surface area contributed by atoms with Gasteiger partial charge < -0.3 is 0 Å². The molecule has 0 spiro atoms. The molecular formula is C7H5ClN2O2S. The number of sulfonamides is 1. The van der Waals surface area contributed by atoms with Crippen molar-refractivity contribution in [3.63, 3.8) is 0 Å². The number of rotatable bonds is 2. The Balaban J connectivity index is 3.11. The lowest BCUT2D eigenvalue weighted by molar-refractivity contribution is 0.591. The number of nitrogens with one attached hydrogen (secondary N) is 1. The third-order valence-electron chi connectivity index (χ3n) is 1.30. The minimum absolute atomic E-state index is 0.0125. The highest BCUT2D eigenvalue weighted by molar-refractivity contribution is 7.89. The smallest absolute Gasteiger partial charge is 0.215 e. The van der Waals surface area contributed by atoms with Gasteiger partial charge in [-0.2, -0.15) is 5.26 Å². The summed E-state index contributed by atoms with van der Waals surface area (Å²) in [7, 11) is -3.70. The summed E-state index contributed by atoms with van der Waals surface area (Å²) in [5, 5.41) is 8.59. The minimum atomic E-state index is -3.70. The molecule has 68 valence electrons. The Bertz CT molecular complexity index is 433. The van der Waals surface area contributed by atoms with E-state index in [2.05, 4.69) is 0 Å². The Labute approximate surface area is 80.8 Å². The van der Waals surface area contributed by atoms with E-state index in [0.29, 0.717) is 5.02 Å². The first-order valence-electron chi connectivity index (χ1n) is 3.23. The van der Waals surface area contributed by atoms with E-state index in [1.807, 2.05) is 0 Å². The second-order valence-corrected chi connectivity index (χ2v) is 4.29. The number of benzene rings is 1. The van der Waals surface area contributed by atoms with Gasteiger partial charge in [0.2, 0.25) is 0 Å². The van der Waals surface area contributed by atoms with Crippen molar-refractivity contribution in [1.29, 1.82) is 5.26 Å². The van der Waals surface area contributed by atoms with Gasteiger partial charge in [-0.3, -0.25) is 0 Å². The zero-order valence-electron chi connectivity index (χ0n) is 6.36. The van der Waals surface area contributed by atoms with E-state index in [0.717, 1.165) is 0 Å². The largest absolute Gasteiger partial charge is 0.270 e. The molecule has 0 aliphatic carbocycles. The number of nitrogens with zero attached hydrogens (tertiary/aromatic N) is 1. The van der Waals surface area contributed by atoms with E-state index in [1.165, 1.54) is 30.5 Å². The maximum Gasteiger partial charge on any atom is 0.270 e. The van der Waals surface area contributed by atoms with Crippen LogP contribution in [0, 0.1) is 11.5 Å². The standard InChI is InChI=1S/C7H5ClN2O2S/c8-6-1-3-7(4-2-6)13(11,12)10-5-9/h1-4,10H. The van der Waals surface area contributed by atoms with Crippen LogP contribution in [-0.4, -0.2) is 8.42 Å². The van der Waals surface area contributed by atoms with Gasteiger partial charge in [0.05, 0.1) is 4.90 Å². The summed E-state index contributed by atoms with van der Waals surface area (Å²) in [5.41, 5.74) is 0. The summed E-state index contributed by atoms with van der Waals surface area (Å²) in [4.78, 5) is 0.0125. The Morgan fingerprint density at radius 1 is 1.31 bits per heavy atom. The normalized spacial score (nSPS) is 10.5. The van der Waals surface area contributed by atoms with Crippen molar-refractivity contribution in [1.82, 2.24) is 4.72 Å². The molecule has 0 unspecified atom stereocenters. The van der Waals surface area contributed by atoms with Crippen molar-refractivity contribution in [2.24, 2.45) is 0 Å². The minimum Gasteiger partial charge on any atom is -0.215 e. The highest BCUT2D eigenvalue weighted by Crippen LogP contribution is 2.13. The molecular weight excluding hydrogens is 212 g/mol. The van der Waals surface area contributed by atoms with Gasteiger partial charge in [-0.05, 0) is 24.3 Å². The SMILES string of the molecule is N#CNS(=O)(=O)c1ccc(Cl)cc1. The summed E-state index contributed by atoms with van der Waals surface area (Å²) < 4.78 is 24.0. The summed E-state index contributed by atoms with van der Waals surface area (Å²) in [5.74, 6) is 0. The molecule has 0 saturated carbocycles. The average molecular weight is 217 g/mol. The molecule has 0 aliphatic heterocycles. The number of hydrogen-bond donors (Lipinski definition) is 1. The molecule has 0 heterocycles. The highest BCUT2D eigenvalue weighted by Gasteiger charge is 2.11. The van der Waals surface area contributed by atoms with Crippen molar-refractivity contribution < 1.29 is 8.42 Å². The van der Waals surface area contributed by atoms with Crippen LogP contribution in [-0.2, 0) is 10.0 Å². The monoisotopic (exact) mass is 216 g/mol. The van der Waals surface area contributed by atoms with Gasteiger partial charge in [-0.1, -0.05) is 11.6 Å². The topological polar surface area (TPSA) is 70.0 Å². The molecule has 0 aliphatic rings. The molecule has 1 N–H and O–H groups in total. The molecule has 1 aromatic rings. The van der Waals surface area contributed by atoms with Gasteiger partial charge in [0.25, 0.3) is 10.0 Å².